The second kappa shape index (κ2) is 4.64. The van der Waals surface area contributed by atoms with E-state index >= 15 is 0 Å². The molecular weight excluding hydrogens is 220 g/mol. The third kappa shape index (κ3) is 2.04. The van der Waals surface area contributed by atoms with Crippen LogP contribution in [0.2, 0.25) is 0 Å². The van der Waals surface area contributed by atoms with E-state index in [1.54, 1.807) is 0 Å². The highest BCUT2D eigenvalue weighted by Crippen LogP contribution is 2.35. The molecule has 2 aliphatic heterocycles. The number of hydrogen-bond donors (Lipinski definition) is 1. The van der Waals surface area contributed by atoms with Gasteiger partial charge in [-0.15, -0.1) is 12.4 Å². The van der Waals surface area contributed by atoms with E-state index in [1.165, 1.54) is 44.7 Å². The van der Waals surface area contributed by atoms with Gasteiger partial charge in [0.15, 0.2) is 0 Å². The van der Waals surface area contributed by atoms with Crippen molar-refractivity contribution >= 4 is 18.1 Å². The number of piperidine rings is 1. The Morgan fingerprint density at radius 1 is 1.12 bits per heavy atom. The zero-order valence-electron chi connectivity index (χ0n) is 9.48. The van der Waals surface area contributed by atoms with Crippen molar-refractivity contribution in [3.05, 3.63) is 30.3 Å². The van der Waals surface area contributed by atoms with Crippen molar-refractivity contribution in [3.8, 4) is 0 Å². The molecule has 0 atom stereocenters. The number of nitrogens with one attached hydrogen (secondary N) is 1. The first-order valence-corrected chi connectivity index (χ1v) is 5.89. The summed E-state index contributed by atoms with van der Waals surface area (Å²) in [5, 5.41) is 3.42. The Morgan fingerprint density at radius 2 is 1.88 bits per heavy atom. The van der Waals surface area contributed by atoms with Crippen LogP contribution in [0, 0.1) is 5.41 Å². The summed E-state index contributed by atoms with van der Waals surface area (Å²) in [6.07, 6.45) is 2.75. The van der Waals surface area contributed by atoms with Crippen LogP contribution in [0.3, 0.4) is 0 Å². The van der Waals surface area contributed by atoms with Crippen molar-refractivity contribution in [2.45, 2.75) is 12.8 Å². The van der Waals surface area contributed by atoms with E-state index in [0.717, 1.165) is 0 Å². The minimum Gasteiger partial charge on any atom is -0.371 e. The highest BCUT2D eigenvalue weighted by molar-refractivity contribution is 5.85. The average Bonchev–Trinajstić information content (AvgIpc) is 2.28. The molecule has 0 amide bonds. The molecule has 88 valence electrons. The lowest BCUT2D eigenvalue weighted by Crippen LogP contribution is -2.61. The number of nitrogens with zero attached hydrogens (tertiary/aromatic N) is 1. The van der Waals surface area contributed by atoms with Gasteiger partial charge < -0.3 is 10.2 Å². The third-order valence-corrected chi connectivity index (χ3v) is 3.78. The maximum atomic E-state index is 3.42. The molecule has 1 aromatic carbocycles. The van der Waals surface area contributed by atoms with E-state index in [1.807, 2.05) is 0 Å². The Labute approximate surface area is 103 Å². The predicted octanol–water partition coefficient (Wildman–Crippen LogP) is 2.30. The van der Waals surface area contributed by atoms with Crippen LogP contribution in [0.4, 0.5) is 5.69 Å². The van der Waals surface area contributed by atoms with Crippen LogP contribution >= 0.6 is 12.4 Å². The Kier molecular flexibility index (Phi) is 3.41. The fourth-order valence-electron chi connectivity index (χ4n) is 2.83. The van der Waals surface area contributed by atoms with Crippen molar-refractivity contribution in [2.24, 2.45) is 5.41 Å². The Morgan fingerprint density at radius 3 is 2.50 bits per heavy atom. The molecule has 0 aromatic heterocycles. The van der Waals surface area contributed by atoms with E-state index < -0.39 is 0 Å². The van der Waals surface area contributed by atoms with Gasteiger partial charge in [-0.05, 0) is 25.0 Å². The van der Waals surface area contributed by atoms with Crippen LogP contribution in [0.5, 0.6) is 0 Å². The van der Waals surface area contributed by atoms with Gasteiger partial charge in [-0.25, -0.2) is 0 Å². The van der Waals surface area contributed by atoms with Gasteiger partial charge in [0, 0.05) is 37.3 Å². The molecule has 2 nitrogen and oxygen atoms in total. The van der Waals surface area contributed by atoms with Gasteiger partial charge >= 0.3 is 0 Å². The molecular formula is C13H19ClN2. The fraction of sp³-hybridized carbons (Fsp3) is 0.538. The zero-order valence-corrected chi connectivity index (χ0v) is 10.3. The van der Waals surface area contributed by atoms with Crippen LogP contribution < -0.4 is 10.2 Å². The Balaban J connectivity index is 0.000000963. The number of benzene rings is 1. The molecule has 0 radical (unpaired) electrons. The number of hydrogen-bond acceptors (Lipinski definition) is 2. The highest BCUT2D eigenvalue weighted by atomic mass is 35.5. The summed E-state index contributed by atoms with van der Waals surface area (Å²) >= 11 is 0. The van der Waals surface area contributed by atoms with Gasteiger partial charge in [0.1, 0.15) is 0 Å². The molecule has 2 saturated heterocycles. The minimum atomic E-state index is 0. The summed E-state index contributed by atoms with van der Waals surface area (Å²) in [5.41, 5.74) is 1.98. The van der Waals surface area contributed by atoms with E-state index in [2.05, 4.69) is 40.5 Å². The van der Waals surface area contributed by atoms with Gasteiger partial charge in [-0.2, -0.15) is 0 Å². The molecule has 2 aliphatic rings. The largest absolute Gasteiger partial charge is 0.371 e. The molecule has 0 aliphatic carbocycles. The van der Waals surface area contributed by atoms with Crippen molar-refractivity contribution in [3.63, 3.8) is 0 Å². The molecule has 0 saturated carbocycles. The van der Waals surface area contributed by atoms with Gasteiger partial charge in [0.05, 0.1) is 0 Å². The SMILES string of the molecule is Cl.c1ccc(N2CCCC3(CNC3)C2)cc1. The monoisotopic (exact) mass is 238 g/mol. The fourth-order valence-corrected chi connectivity index (χ4v) is 2.83. The predicted molar refractivity (Wildman–Crippen MR) is 70.4 cm³/mol. The lowest BCUT2D eigenvalue weighted by Gasteiger charge is -2.50. The highest BCUT2D eigenvalue weighted by Gasteiger charge is 2.40. The van der Waals surface area contributed by atoms with Gasteiger partial charge in [-0.1, -0.05) is 18.2 Å². The molecule has 3 heteroatoms. The van der Waals surface area contributed by atoms with Crippen molar-refractivity contribution in [1.82, 2.24) is 5.32 Å². The van der Waals surface area contributed by atoms with Crippen molar-refractivity contribution < 1.29 is 0 Å². The molecule has 2 heterocycles. The maximum absolute atomic E-state index is 3.42. The van der Waals surface area contributed by atoms with E-state index in [9.17, 15) is 0 Å². The molecule has 1 spiro atoms. The smallest absolute Gasteiger partial charge is 0.0366 e. The van der Waals surface area contributed by atoms with Gasteiger partial charge in [-0.3, -0.25) is 0 Å². The number of anilines is 1. The normalized spacial score (nSPS) is 22.4. The third-order valence-electron chi connectivity index (χ3n) is 3.78. The van der Waals surface area contributed by atoms with E-state index in [0.29, 0.717) is 5.41 Å². The topological polar surface area (TPSA) is 15.3 Å². The lowest BCUT2D eigenvalue weighted by molar-refractivity contribution is 0.138. The second-order valence-corrected chi connectivity index (χ2v) is 4.96. The zero-order chi connectivity index (χ0) is 10.1. The Bertz CT molecular complexity index is 335. The molecule has 1 N–H and O–H groups in total. The van der Waals surface area contributed by atoms with Crippen LogP contribution in [0.15, 0.2) is 30.3 Å². The van der Waals surface area contributed by atoms with Crippen LogP contribution in [-0.2, 0) is 0 Å². The number of rotatable bonds is 1. The van der Waals surface area contributed by atoms with Crippen LogP contribution in [0.25, 0.3) is 0 Å². The molecule has 3 rings (SSSR count). The molecule has 0 bridgehead atoms. The van der Waals surface area contributed by atoms with E-state index in [4.69, 9.17) is 0 Å². The van der Waals surface area contributed by atoms with Gasteiger partial charge in [0.2, 0.25) is 0 Å². The van der Waals surface area contributed by atoms with Crippen LogP contribution in [0.1, 0.15) is 12.8 Å². The van der Waals surface area contributed by atoms with Crippen molar-refractivity contribution in [1.29, 1.82) is 0 Å². The Hall–Kier alpha value is -0.730. The standard InChI is InChI=1S/C13H18N2.ClH/c1-2-5-12(6-3-1)15-8-4-7-13(11-15)9-14-10-13;/h1-3,5-6,14H,4,7-11H2;1H. The van der Waals surface area contributed by atoms with Crippen LogP contribution in [-0.4, -0.2) is 26.2 Å². The molecule has 16 heavy (non-hydrogen) atoms. The number of halogens is 1. The summed E-state index contributed by atoms with van der Waals surface area (Å²) in [5.74, 6) is 0. The molecule has 0 unspecified atom stereocenters. The second-order valence-electron chi connectivity index (χ2n) is 4.96. The van der Waals surface area contributed by atoms with Crippen molar-refractivity contribution in [2.75, 3.05) is 31.1 Å². The molecule has 2 fully saturated rings. The molecule has 1 aromatic rings. The quantitative estimate of drug-likeness (QED) is 0.808. The first kappa shape index (κ1) is 11.7. The average molecular weight is 239 g/mol. The first-order chi connectivity index (χ1) is 7.38. The maximum Gasteiger partial charge on any atom is 0.0366 e. The number of para-hydroxylation sites is 1. The first-order valence-electron chi connectivity index (χ1n) is 5.89. The minimum absolute atomic E-state index is 0. The lowest BCUT2D eigenvalue weighted by atomic mass is 9.75. The summed E-state index contributed by atoms with van der Waals surface area (Å²) in [4.78, 5) is 2.55. The summed E-state index contributed by atoms with van der Waals surface area (Å²) in [6.45, 7) is 4.91. The summed E-state index contributed by atoms with van der Waals surface area (Å²) in [6, 6.07) is 10.8. The summed E-state index contributed by atoms with van der Waals surface area (Å²) < 4.78 is 0. The van der Waals surface area contributed by atoms with E-state index in [-0.39, 0.29) is 12.4 Å². The van der Waals surface area contributed by atoms with Gasteiger partial charge in [0.25, 0.3) is 0 Å². The summed E-state index contributed by atoms with van der Waals surface area (Å²) in [7, 11) is 0.